The molecule has 6 heteroatoms. The predicted octanol–water partition coefficient (Wildman–Crippen LogP) is 2.91. The number of hydrogen-bond donors (Lipinski definition) is 0. The molecule has 2 atom stereocenters. The Morgan fingerprint density at radius 2 is 2.10 bits per heavy atom. The second-order valence-electron chi connectivity index (χ2n) is 4.82. The van der Waals surface area contributed by atoms with Gasteiger partial charge in [-0.25, -0.2) is 0 Å². The molecule has 2 rings (SSSR count). The second kappa shape index (κ2) is 6.65. The Morgan fingerprint density at radius 1 is 1.38 bits per heavy atom. The Kier molecular flexibility index (Phi) is 4.88. The zero-order valence-corrected chi connectivity index (χ0v) is 11.6. The lowest BCUT2D eigenvalue weighted by atomic mass is 9.95. The fourth-order valence-corrected chi connectivity index (χ4v) is 2.60. The van der Waals surface area contributed by atoms with Gasteiger partial charge in [-0.2, -0.15) is 8.78 Å². The van der Waals surface area contributed by atoms with Crippen molar-refractivity contribution in [2.45, 2.75) is 32.3 Å². The van der Waals surface area contributed by atoms with Crippen LogP contribution in [0.15, 0.2) is 24.3 Å². The van der Waals surface area contributed by atoms with Crippen LogP contribution in [0.5, 0.6) is 5.75 Å². The van der Waals surface area contributed by atoms with E-state index in [1.165, 1.54) is 6.07 Å². The first-order valence-corrected chi connectivity index (χ1v) is 6.76. The van der Waals surface area contributed by atoms with Gasteiger partial charge in [-0.15, -0.1) is 0 Å². The number of benzene rings is 1. The molecule has 0 spiro atoms. The van der Waals surface area contributed by atoms with E-state index >= 15 is 0 Å². The monoisotopic (exact) mass is 298 g/mol. The molecule has 4 nitrogen and oxygen atoms in total. The highest BCUT2D eigenvalue weighted by Gasteiger charge is 2.39. The molecule has 114 valence electrons. The lowest BCUT2D eigenvalue weighted by Crippen LogP contribution is -2.15. The van der Waals surface area contributed by atoms with Crippen molar-refractivity contribution in [3.63, 3.8) is 0 Å². The first-order valence-electron chi connectivity index (χ1n) is 6.76. The maximum absolute atomic E-state index is 12.4. The molecular weight excluding hydrogens is 282 g/mol. The summed E-state index contributed by atoms with van der Waals surface area (Å²) in [5.41, 5.74) is 0.398. The lowest BCUT2D eigenvalue weighted by Gasteiger charge is -2.15. The molecule has 1 aliphatic carbocycles. The smallest absolute Gasteiger partial charge is 0.387 e. The molecule has 0 heterocycles. The first-order chi connectivity index (χ1) is 10.0. The van der Waals surface area contributed by atoms with Crippen molar-refractivity contribution in [1.29, 1.82) is 0 Å². The number of carbonyl (C=O) groups excluding carboxylic acids is 2. The molecule has 0 radical (unpaired) electrons. The number of Topliss-reactive ketones (excluding diaryl/α,β-unsaturated/α-hetero) is 1. The summed E-state index contributed by atoms with van der Waals surface area (Å²) in [6.07, 6.45) is 0.341. The highest BCUT2D eigenvalue weighted by atomic mass is 19.3. The number of para-hydroxylation sites is 1. The van der Waals surface area contributed by atoms with Gasteiger partial charge in [0, 0.05) is 17.9 Å². The molecule has 1 aliphatic rings. The third kappa shape index (κ3) is 3.56. The maximum Gasteiger partial charge on any atom is 0.387 e. The summed E-state index contributed by atoms with van der Waals surface area (Å²) in [6.45, 7) is -1.01. The summed E-state index contributed by atoms with van der Waals surface area (Å²) in [7, 11) is 0. The van der Waals surface area contributed by atoms with Crippen molar-refractivity contribution in [2.75, 3.05) is 6.61 Å². The number of halogens is 2. The van der Waals surface area contributed by atoms with E-state index in [4.69, 9.17) is 4.74 Å². The molecule has 0 saturated heterocycles. The fourth-order valence-electron chi connectivity index (χ4n) is 2.60. The van der Waals surface area contributed by atoms with Gasteiger partial charge in [0.25, 0.3) is 0 Å². The van der Waals surface area contributed by atoms with E-state index < -0.39 is 24.4 Å². The van der Waals surface area contributed by atoms with Crippen LogP contribution in [0.25, 0.3) is 0 Å². The van der Waals surface area contributed by atoms with E-state index in [1.807, 2.05) is 0 Å². The topological polar surface area (TPSA) is 52.6 Å². The van der Waals surface area contributed by atoms with Crippen molar-refractivity contribution >= 4 is 11.8 Å². The van der Waals surface area contributed by atoms with Crippen molar-refractivity contribution in [3.05, 3.63) is 29.8 Å². The summed E-state index contributed by atoms with van der Waals surface area (Å²) in [5, 5.41) is 0. The Bertz CT molecular complexity index is 530. The largest absolute Gasteiger partial charge is 0.466 e. The molecule has 1 fully saturated rings. The van der Waals surface area contributed by atoms with Crippen LogP contribution in [-0.2, 0) is 14.3 Å². The number of hydrogen-bond acceptors (Lipinski definition) is 4. The second-order valence-corrected chi connectivity index (χ2v) is 4.82. The standard InChI is InChI=1S/C15H16F2O4/c1-2-20-14(19)9-7-11(12(18)8-9)10-5-3-4-6-13(10)21-15(16)17/h3-6,9,11,15H,2,7-8H2,1H3. The molecule has 0 bridgehead atoms. The average molecular weight is 298 g/mol. The van der Waals surface area contributed by atoms with Crippen LogP contribution in [0.1, 0.15) is 31.2 Å². The minimum atomic E-state index is -2.96. The minimum absolute atomic E-state index is 0.0182. The third-order valence-corrected chi connectivity index (χ3v) is 3.49. The van der Waals surface area contributed by atoms with Gasteiger partial charge in [0.05, 0.1) is 12.5 Å². The Morgan fingerprint density at radius 3 is 2.76 bits per heavy atom. The van der Waals surface area contributed by atoms with Crippen molar-refractivity contribution in [2.24, 2.45) is 5.92 Å². The van der Waals surface area contributed by atoms with Crippen molar-refractivity contribution in [3.8, 4) is 5.75 Å². The molecular formula is C15H16F2O4. The van der Waals surface area contributed by atoms with Crippen LogP contribution in [-0.4, -0.2) is 25.0 Å². The SMILES string of the molecule is CCOC(=O)C1CC(=O)C(c2ccccc2OC(F)F)C1. The predicted molar refractivity (Wildman–Crippen MR) is 70.2 cm³/mol. The lowest BCUT2D eigenvalue weighted by molar-refractivity contribution is -0.148. The van der Waals surface area contributed by atoms with Crippen molar-refractivity contribution < 1.29 is 27.8 Å². The zero-order valence-electron chi connectivity index (χ0n) is 11.6. The van der Waals surface area contributed by atoms with Crippen LogP contribution >= 0.6 is 0 Å². The van der Waals surface area contributed by atoms with Gasteiger partial charge in [-0.1, -0.05) is 18.2 Å². The number of ketones is 1. The number of alkyl halides is 2. The maximum atomic E-state index is 12.4. The average Bonchev–Trinajstić information content (AvgIpc) is 2.81. The van der Waals surface area contributed by atoms with Gasteiger partial charge < -0.3 is 9.47 Å². The van der Waals surface area contributed by atoms with Crippen LogP contribution in [0.3, 0.4) is 0 Å². The highest BCUT2D eigenvalue weighted by molar-refractivity contribution is 5.93. The molecule has 0 N–H and O–H groups in total. The summed E-state index contributed by atoms with van der Waals surface area (Å²) < 4.78 is 34.2. The molecule has 0 aliphatic heterocycles. The Labute approximate surface area is 121 Å². The molecule has 2 unspecified atom stereocenters. The number of esters is 1. The molecule has 1 aromatic carbocycles. The number of carbonyl (C=O) groups is 2. The summed E-state index contributed by atoms with van der Waals surface area (Å²) in [6, 6.07) is 6.18. The third-order valence-electron chi connectivity index (χ3n) is 3.49. The molecule has 1 aromatic rings. The Balaban J connectivity index is 2.19. The van der Waals surface area contributed by atoms with E-state index in [1.54, 1.807) is 25.1 Å². The van der Waals surface area contributed by atoms with E-state index in [9.17, 15) is 18.4 Å². The number of rotatable bonds is 5. The van der Waals surface area contributed by atoms with E-state index in [2.05, 4.69) is 4.74 Å². The van der Waals surface area contributed by atoms with E-state index in [0.717, 1.165) is 0 Å². The zero-order chi connectivity index (χ0) is 15.4. The fraction of sp³-hybridized carbons (Fsp3) is 0.467. The number of ether oxygens (including phenoxy) is 2. The summed E-state index contributed by atoms with van der Waals surface area (Å²) in [5.74, 6) is -1.70. The van der Waals surface area contributed by atoms with Gasteiger partial charge in [0.1, 0.15) is 11.5 Å². The van der Waals surface area contributed by atoms with E-state index in [0.29, 0.717) is 5.56 Å². The molecule has 1 saturated carbocycles. The summed E-state index contributed by atoms with van der Waals surface area (Å²) in [4.78, 5) is 23.8. The van der Waals surface area contributed by atoms with Gasteiger partial charge in [0.2, 0.25) is 0 Å². The normalized spacial score (nSPS) is 21.6. The first kappa shape index (κ1) is 15.4. The van der Waals surface area contributed by atoms with Gasteiger partial charge >= 0.3 is 12.6 Å². The van der Waals surface area contributed by atoms with Crippen LogP contribution in [0.2, 0.25) is 0 Å². The highest BCUT2D eigenvalue weighted by Crippen LogP contribution is 2.40. The minimum Gasteiger partial charge on any atom is -0.466 e. The molecule has 21 heavy (non-hydrogen) atoms. The van der Waals surface area contributed by atoms with Gasteiger partial charge in [-0.3, -0.25) is 9.59 Å². The van der Waals surface area contributed by atoms with Crippen LogP contribution in [0, 0.1) is 5.92 Å². The molecule has 0 aromatic heterocycles. The van der Waals surface area contributed by atoms with Gasteiger partial charge in [-0.05, 0) is 19.4 Å². The van der Waals surface area contributed by atoms with Crippen molar-refractivity contribution in [1.82, 2.24) is 0 Å². The van der Waals surface area contributed by atoms with E-state index in [-0.39, 0.29) is 31.0 Å². The summed E-state index contributed by atoms with van der Waals surface area (Å²) >= 11 is 0. The Hall–Kier alpha value is -1.98. The van der Waals surface area contributed by atoms with Crippen LogP contribution < -0.4 is 4.74 Å². The molecule has 0 amide bonds. The van der Waals surface area contributed by atoms with Gasteiger partial charge in [0.15, 0.2) is 0 Å². The van der Waals surface area contributed by atoms with Crippen LogP contribution in [0.4, 0.5) is 8.78 Å². The quantitative estimate of drug-likeness (QED) is 0.784.